The normalized spacial score (nSPS) is 18.6. The highest BCUT2D eigenvalue weighted by molar-refractivity contribution is 5.94. The van der Waals surface area contributed by atoms with Crippen molar-refractivity contribution >= 4 is 17.7 Å². The number of hydrogen-bond donors (Lipinski definition) is 2. The molecule has 0 bridgehead atoms. The number of nitrogens with one attached hydrogen (secondary N) is 2. The van der Waals surface area contributed by atoms with Crippen LogP contribution in [0.4, 0.5) is 17.6 Å². The molecule has 12 heteroatoms. The van der Waals surface area contributed by atoms with Gasteiger partial charge in [0.25, 0.3) is 0 Å². The summed E-state index contributed by atoms with van der Waals surface area (Å²) < 4.78 is 72.0. The summed E-state index contributed by atoms with van der Waals surface area (Å²) in [5.74, 6) is -11.1. The van der Waals surface area contributed by atoms with Crippen LogP contribution < -0.4 is 15.4 Å². The van der Waals surface area contributed by atoms with Gasteiger partial charge < -0.3 is 19.5 Å². The van der Waals surface area contributed by atoms with Crippen LogP contribution >= 0.6 is 0 Å². The van der Waals surface area contributed by atoms with E-state index in [0.29, 0.717) is 13.0 Å². The monoisotopic (exact) mass is 638 g/mol. The van der Waals surface area contributed by atoms with Crippen LogP contribution in [0.2, 0.25) is 0 Å². The van der Waals surface area contributed by atoms with Crippen molar-refractivity contribution in [3.63, 3.8) is 0 Å². The molecule has 2 N–H and O–H groups in total. The van der Waals surface area contributed by atoms with E-state index >= 15 is 0 Å². The molecule has 1 heterocycles. The Morgan fingerprint density at radius 2 is 1.60 bits per heavy atom. The molecule has 8 nitrogen and oxygen atoms in total. The number of esters is 1. The maximum absolute atomic E-state index is 14.1. The Kier molecular flexibility index (Phi) is 11.4. The lowest BCUT2D eigenvalue weighted by Gasteiger charge is -2.43. The predicted molar refractivity (Wildman–Crippen MR) is 158 cm³/mol. The topological polar surface area (TPSA) is 103 Å². The fourth-order valence-corrected chi connectivity index (χ4v) is 5.12. The highest BCUT2D eigenvalue weighted by Crippen LogP contribution is 2.39. The summed E-state index contributed by atoms with van der Waals surface area (Å²) in [6.07, 6.45) is 1.58. The van der Waals surface area contributed by atoms with Gasteiger partial charge in [-0.2, -0.15) is 8.78 Å². The van der Waals surface area contributed by atoms with Gasteiger partial charge in [-0.05, 0) is 57.9 Å². The van der Waals surface area contributed by atoms with Crippen molar-refractivity contribution in [1.29, 1.82) is 0 Å². The molecule has 2 aromatic rings. The van der Waals surface area contributed by atoms with Gasteiger partial charge in [-0.3, -0.25) is 19.7 Å². The number of ketones is 1. The fourth-order valence-electron chi connectivity index (χ4n) is 5.12. The van der Waals surface area contributed by atoms with E-state index < -0.39 is 83.1 Å². The lowest BCUT2D eigenvalue weighted by atomic mass is 9.79. The van der Waals surface area contributed by atoms with Crippen LogP contribution in [0.15, 0.2) is 30.3 Å². The van der Waals surface area contributed by atoms with E-state index in [1.165, 1.54) is 0 Å². The second kappa shape index (κ2) is 14.3. The van der Waals surface area contributed by atoms with Crippen molar-refractivity contribution in [3.05, 3.63) is 64.7 Å². The summed E-state index contributed by atoms with van der Waals surface area (Å²) in [7, 11) is 0. The molecule has 0 aromatic heterocycles. The number of carbonyl (C=O) groups excluding carboxylic acids is 3. The summed E-state index contributed by atoms with van der Waals surface area (Å²) in [5, 5.41) is 5.81. The zero-order valence-corrected chi connectivity index (χ0v) is 26.7. The van der Waals surface area contributed by atoms with Crippen molar-refractivity contribution in [2.75, 3.05) is 13.2 Å². The SMILES string of the molecule is C[C@H](NC1(c2ccccc2C(C)(C)C)CCCCO1)C(=O)N[C@@H](CC(=O)OC(C)(C)C)C(=O)COc1c(F)c(F)cc(F)c1F. The van der Waals surface area contributed by atoms with E-state index in [9.17, 15) is 31.9 Å². The van der Waals surface area contributed by atoms with Crippen molar-refractivity contribution in [1.82, 2.24) is 10.6 Å². The minimum atomic E-state index is -1.83. The largest absolute Gasteiger partial charge is 0.479 e. The molecule has 3 atom stereocenters. The number of carbonyl (C=O) groups is 3. The Hall–Kier alpha value is -3.51. The molecule has 1 unspecified atom stereocenters. The van der Waals surface area contributed by atoms with E-state index in [2.05, 4.69) is 31.4 Å². The van der Waals surface area contributed by atoms with Crippen LogP contribution in [0.5, 0.6) is 5.75 Å². The number of Topliss-reactive ketones (excluding diaryl/α,β-unsaturated/α-hetero) is 1. The van der Waals surface area contributed by atoms with Crippen molar-refractivity contribution in [2.45, 2.75) is 103 Å². The molecule has 1 fully saturated rings. The van der Waals surface area contributed by atoms with Crippen molar-refractivity contribution in [3.8, 4) is 5.75 Å². The third-order valence-corrected chi connectivity index (χ3v) is 7.21. The Balaban J connectivity index is 1.85. The Morgan fingerprint density at radius 1 is 0.978 bits per heavy atom. The fraction of sp³-hybridized carbons (Fsp3) is 0.545. The van der Waals surface area contributed by atoms with Gasteiger partial charge >= 0.3 is 5.97 Å². The average Bonchev–Trinajstić information content (AvgIpc) is 2.94. The Morgan fingerprint density at radius 3 is 2.16 bits per heavy atom. The molecule has 1 saturated heterocycles. The van der Waals surface area contributed by atoms with Crippen molar-refractivity contribution in [2.24, 2.45) is 0 Å². The number of halogens is 4. The van der Waals surface area contributed by atoms with Crippen molar-refractivity contribution < 1.29 is 46.2 Å². The predicted octanol–water partition coefficient (Wildman–Crippen LogP) is 5.74. The molecule has 45 heavy (non-hydrogen) atoms. The van der Waals surface area contributed by atoms with Gasteiger partial charge in [0.1, 0.15) is 24.0 Å². The van der Waals surface area contributed by atoms with Gasteiger partial charge in [-0.1, -0.05) is 45.0 Å². The molecule has 3 rings (SSSR count). The third-order valence-electron chi connectivity index (χ3n) is 7.21. The van der Waals surface area contributed by atoms with Crippen LogP contribution in [0.1, 0.15) is 85.3 Å². The number of rotatable bonds is 11. The number of hydrogen-bond acceptors (Lipinski definition) is 7. The van der Waals surface area contributed by atoms with Gasteiger partial charge in [-0.25, -0.2) is 8.78 Å². The first-order chi connectivity index (χ1) is 20.8. The first kappa shape index (κ1) is 36.0. The molecule has 248 valence electrons. The van der Waals surface area contributed by atoms with E-state index in [1.807, 2.05) is 24.3 Å². The first-order valence-electron chi connectivity index (χ1n) is 14.9. The van der Waals surface area contributed by atoms with Crippen LogP contribution in [0.3, 0.4) is 0 Å². The maximum atomic E-state index is 14.1. The molecule has 0 spiro atoms. The number of benzene rings is 2. The van der Waals surface area contributed by atoms with Gasteiger partial charge in [0.05, 0.1) is 12.5 Å². The second-order valence-electron chi connectivity index (χ2n) is 13.2. The zero-order chi connectivity index (χ0) is 33.7. The number of ether oxygens (including phenoxy) is 3. The summed E-state index contributed by atoms with van der Waals surface area (Å²) in [6.45, 7) is 12.0. The molecule has 1 aliphatic heterocycles. The molecule has 0 radical (unpaired) electrons. The van der Waals surface area contributed by atoms with E-state index in [0.717, 1.165) is 24.0 Å². The maximum Gasteiger partial charge on any atom is 0.308 e. The summed E-state index contributed by atoms with van der Waals surface area (Å²) in [4.78, 5) is 39.4. The third kappa shape index (κ3) is 9.26. The van der Waals surface area contributed by atoms with Gasteiger partial charge in [0.2, 0.25) is 17.5 Å². The molecule has 2 aromatic carbocycles. The smallest absolute Gasteiger partial charge is 0.308 e. The van der Waals surface area contributed by atoms with E-state index in [4.69, 9.17) is 14.2 Å². The van der Waals surface area contributed by atoms with Crippen LogP contribution in [-0.4, -0.2) is 48.6 Å². The van der Waals surface area contributed by atoms with E-state index in [-0.39, 0.29) is 11.5 Å². The second-order valence-corrected chi connectivity index (χ2v) is 13.2. The quantitative estimate of drug-likeness (QED) is 0.184. The summed E-state index contributed by atoms with van der Waals surface area (Å²) in [6, 6.07) is 5.26. The lowest BCUT2D eigenvalue weighted by molar-refractivity contribution is -0.156. The summed E-state index contributed by atoms with van der Waals surface area (Å²) in [5.41, 5.74) is -0.292. The standard InChI is InChI=1S/C33H42F4N2O6/c1-19(39-33(14-10-11-15-44-33)21-13-9-8-12-20(21)31(2,3)4)30(42)38-24(17-26(41)45-32(5,6)7)25(40)18-43-29-27(36)22(34)16-23(35)28(29)37/h8-9,12-13,16,19,24,39H,10-11,14-15,17-18H2,1-7H3,(H,38,42)/t19-,24-,33?/m0/s1. The van der Waals surface area contributed by atoms with Gasteiger partial charge in [-0.15, -0.1) is 0 Å². The highest BCUT2D eigenvalue weighted by Gasteiger charge is 2.41. The highest BCUT2D eigenvalue weighted by atomic mass is 19.2. The van der Waals surface area contributed by atoms with E-state index in [1.54, 1.807) is 27.7 Å². The molecule has 0 aliphatic carbocycles. The van der Waals surface area contributed by atoms with Crippen LogP contribution in [0.25, 0.3) is 0 Å². The number of amides is 1. The average molecular weight is 639 g/mol. The molecule has 1 amide bonds. The van der Waals surface area contributed by atoms with Gasteiger partial charge in [0, 0.05) is 18.2 Å². The minimum absolute atomic E-state index is 0.00194. The molecular weight excluding hydrogens is 596 g/mol. The molecule has 1 aliphatic rings. The minimum Gasteiger partial charge on any atom is -0.479 e. The Bertz CT molecular complexity index is 1370. The summed E-state index contributed by atoms with van der Waals surface area (Å²) >= 11 is 0. The van der Waals surface area contributed by atoms with Crippen LogP contribution in [-0.2, 0) is 35.0 Å². The Labute approximate surface area is 261 Å². The lowest BCUT2D eigenvalue weighted by Crippen LogP contribution is -2.58. The zero-order valence-electron chi connectivity index (χ0n) is 26.7. The van der Waals surface area contributed by atoms with Crippen LogP contribution in [0, 0.1) is 23.3 Å². The molecule has 0 saturated carbocycles. The van der Waals surface area contributed by atoms with Gasteiger partial charge in [0.15, 0.2) is 23.2 Å². The molecular formula is C33H42F4N2O6. The first-order valence-corrected chi connectivity index (χ1v) is 14.9.